The van der Waals surface area contributed by atoms with Crippen molar-refractivity contribution in [1.29, 1.82) is 0 Å². The lowest BCUT2D eigenvalue weighted by Gasteiger charge is -2.28. The van der Waals surface area contributed by atoms with Gasteiger partial charge in [0.15, 0.2) is 0 Å². The number of benzene rings is 2. The van der Waals surface area contributed by atoms with Gasteiger partial charge in [0.2, 0.25) is 5.95 Å². The van der Waals surface area contributed by atoms with Crippen molar-refractivity contribution in [2.75, 3.05) is 43.2 Å². The average Bonchev–Trinajstić information content (AvgIpc) is 3.70. The molecule has 0 spiro atoms. The van der Waals surface area contributed by atoms with E-state index in [-0.39, 0.29) is 23.1 Å². The first-order chi connectivity index (χ1) is 16.2. The molecule has 0 atom stereocenters. The van der Waals surface area contributed by atoms with Crippen LogP contribution >= 0.6 is 0 Å². The summed E-state index contributed by atoms with van der Waals surface area (Å²) < 4.78 is 25.6. The summed E-state index contributed by atoms with van der Waals surface area (Å²) in [5.74, 6) is 0.446. The summed E-state index contributed by atoms with van der Waals surface area (Å²) in [6, 6.07) is 13.9. The third-order valence-corrected chi connectivity index (χ3v) is 5.89. The van der Waals surface area contributed by atoms with E-state index >= 15 is 0 Å². The molecule has 2 aliphatic rings. The zero-order valence-corrected chi connectivity index (χ0v) is 18.4. The first-order valence-corrected chi connectivity index (χ1v) is 11.1. The highest BCUT2D eigenvalue weighted by atomic mass is 19.1. The van der Waals surface area contributed by atoms with Crippen molar-refractivity contribution in [2.45, 2.75) is 18.9 Å². The topological polar surface area (TPSA) is 67.8 Å². The van der Waals surface area contributed by atoms with Crippen LogP contribution in [0, 0.1) is 5.82 Å². The number of carbonyl (C=O) groups is 1. The van der Waals surface area contributed by atoms with Gasteiger partial charge in [-0.1, -0.05) is 18.2 Å². The van der Waals surface area contributed by atoms with Gasteiger partial charge in [-0.3, -0.25) is 4.79 Å². The van der Waals surface area contributed by atoms with Gasteiger partial charge in [0.25, 0.3) is 5.91 Å². The summed E-state index contributed by atoms with van der Waals surface area (Å²) >= 11 is 0. The fourth-order valence-electron chi connectivity index (χ4n) is 4.02. The Morgan fingerprint density at radius 2 is 1.94 bits per heavy atom. The number of amides is 1. The number of halogens is 1. The van der Waals surface area contributed by atoms with Crippen LogP contribution in [0.1, 0.15) is 23.2 Å². The van der Waals surface area contributed by atoms with Crippen LogP contribution in [0.3, 0.4) is 0 Å². The van der Waals surface area contributed by atoms with Crippen LogP contribution in [0.4, 0.5) is 16.0 Å². The second kappa shape index (κ2) is 9.15. The molecule has 1 aliphatic heterocycles. The van der Waals surface area contributed by atoms with E-state index < -0.39 is 5.82 Å². The predicted octanol–water partition coefficient (Wildman–Crippen LogP) is 3.94. The largest absolute Gasteiger partial charge is 0.497 e. The summed E-state index contributed by atoms with van der Waals surface area (Å²) in [7, 11) is 1.59. The summed E-state index contributed by atoms with van der Waals surface area (Å²) in [6.45, 7) is 2.43. The predicted molar refractivity (Wildman–Crippen MR) is 123 cm³/mol. The smallest absolute Gasteiger partial charge is 0.262 e. The number of aromatic nitrogens is 2. The molecule has 7 nitrogen and oxygen atoms in total. The molecule has 2 heterocycles. The normalized spacial score (nSPS) is 15.9. The Bertz CT molecular complexity index is 1160. The lowest BCUT2D eigenvalue weighted by Crippen LogP contribution is -2.38. The first-order valence-electron chi connectivity index (χ1n) is 11.1. The molecule has 1 aromatic heterocycles. The monoisotopic (exact) mass is 448 g/mol. The van der Waals surface area contributed by atoms with Crippen LogP contribution in [-0.4, -0.2) is 55.3 Å². The Hall–Kier alpha value is -3.52. The van der Waals surface area contributed by atoms with Crippen molar-refractivity contribution in [2.24, 2.45) is 0 Å². The fourth-order valence-corrected chi connectivity index (χ4v) is 4.02. The van der Waals surface area contributed by atoms with Crippen LogP contribution in [0.25, 0.3) is 11.3 Å². The zero-order valence-electron chi connectivity index (χ0n) is 18.4. The summed E-state index contributed by atoms with van der Waals surface area (Å²) in [4.78, 5) is 26.8. The number of hydrogen-bond donors (Lipinski definition) is 0. The molecular formula is C25H25FN4O3. The number of nitrogens with zero attached hydrogens (tertiary/aromatic N) is 4. The number of methoxy groups -OCH3 is 1. The maximum atomic E-state index is 14.9. The molecule has 0 radical (unpaired) electrons. The quantitative estimate of drug-likeness (QED) is 0.569. The van der Waals surface area contributed by atoms with Crippen molar-refractivity contribution < 1.29 is 18.7 Å². The molecule has 1 saturated heterocycles. The Balaban J connectivity index is 1.59. The average molecular weight is 448 g/mol. The highest BCUT2D eigenvalue weighted by Crippen LogP contribution is 2.36. The minimum atomic E-state index is -0.433. The molecule has 0 N–H and O–H groups in total. The van der Waals surface area contributed by atoms with Gasteiger partial charge in [-0.15, -0.1) is 0 Å². The Labute approximate surface area is 191 Å². The molecule has 5 rings (SSSR count). The van der Waals surface area contributed by atoms with Crippen molar-refractivity contribution in [1.82, 2.24) is 9.97 Å². The third-order valence-electron chi connectivity index (χ3n) is 5.89. The number of rotatable bonds is 6. The van der Waals surface area contributed by atoms with E-state index in [1.807, 2.05) is 29.2 Å². The van der Waals surface area contributed by atoms with Crippen LogP contribution in [-0.2, 0) is 4.74 Å². The molecule has 170 valence electrons. The number of ether oxygens (including phenoxy) is 2. The summed E-state index contributed by atoms with van der Waals surface area (Å²) in [5.41, 5.74) is 1.58. The van der Waals surface area contributed by atoms with Crippen molar-refractivity contribution in [3.05, 3.63) is 66.1 Å². The lowest BCUT2D eigenvalue weighted by molar-refractivity contribution is 0.0985. The van der Waals surface area contributed by atoms with Gasteiger partial charge in [-0.2, -0.15) is 0 Å². The molecule has 2 fully saturated rings. The molecular weight excluding hydrogens is 423 g/mol. The van der Waals surface area contributed by atoms with Gasteiger partial charge < -0.3 is 19.3 Å². The van der Waals surface area contributed by atoms with Gasteiger partial charge in [0, 0.05) is 42.6 Å². The molecule has 33 heavy (non-hydrogen) atoms. The third kappa shape index (κ3) is 4.39. The minimum absolute atomic E-state index is 0.0806. The number of carbonyl (C=O) groups excluding carboxylic acids is 1. The van der Waals surface area contributed by atoms with Crippen molar-refractivity contribution in [3.63, 3.8) is 0 Å². The molecule has 0 unspecified atom stereocenters. The van der Waals surface area contributed by atoms with E-state index in [2.05, 4.69) is 9.97 Å². The maximum Gasteiger partial charge on any atom is 0.262 e. The van der Waals surface area contributed by atoms with Crippen LogP contribution in [0.15, 0.2) is 54.7 Å². The Kier molecular flexibility index (Phi) is 5.92. The Morgan fingerprint density at radius 3 is 2.67 bits per heavy atom. The maximum absolute atomic E-state index is 14.9. The molecule has 1 aliphatic carbocycles. The van der Waals surface area contributed by atoms with Crippen molar-refractivity contribution >= 4 is 17.5 Å². The SMILES string of the molecule is COc1cccc(N(C(=O)c2cnc(N3CCOCC3)nc2-c2ccccc2F)C2CC2)c1. The van der Waals surface area contributed by atoms with E-state index in [1.165, 1.54) is 12.3 Å². The highest BCUT2D eigenvalue weighted by Gasteiger charge is 2.36. The van der Waals surface area contributed by atoms with Crippen LogP contribution in [0.2, 0.25) is 0 Å². The number of morpholine rings is 1. The van der Waals surface area contributed by atoms with E-state index in [4.69, 9.17) is 9.47 Å². The van der Waals surface area contributed by atoms with Gasteiger partial charge in [-0.25, -0.2) is 14.4 Å². The van der Waals surface area contributed by atoms with E-state index in [0.717, 1.165) is 18.5 Å². The molecule has 2 aromatic carbocycles. The highest BCUT2D eigenvalue weighted by molar-refractivity contribution is 6.10. The number of hydrogen-bond acceptors (Lipinski definition) is 6. The fraction of sp³-hybridized carbons (Fsp3) is 0.320. The minimum Gasteiger partial charge on any atom is -0.497 e. The first kappa shape index (κ1) is 21.3. The van der Waals surface area contributed by atoms with Gasteiger partial charge in [-0.05, 0) is 37.1 Å². The molecule has 1 amide bonds. The molecule has 0 bridgehead atoms. The van der Waals surface area contributed by atoms with Crippen LogP contribution < -0.4 is 14.5 Å². The summed E-state index contributed by atoms with van der Waals surface area (Å²) in [5, 5.41) is 0. The second-order valence-electron chi connectivity index (χ2n) is 8.12. The molecule has 8 heteroatoms. The number of anilines is 2. The standard InChI is InChI=1S/C25H25FN4O3/c1-32-19-6-4-5-18(15-19)30(17-9-10-17)24(31)21-16-27-25(29-11-13-33-14-12-29)28-23(21)20-7-2-3-8-22(20)26/h2-8,15-17H,9-14H2,1H3. The van der Waals surface area contributed by atoms with Gasteiger partial charge in [0.1, 0.15) is 11.6 Å². The summed E-state index contributed by atoms with van der Waals surface area (Å²) in [6.07, 6.45) is 3.34. The zero-order chi connectivity index (χ0) is 22.8. The lowest BCUT2D eigenvalue weighted by atomic mass is 10.0. The molecule has 1 saturated carbocycles. The second-order valence-corrected chi connectivity index (χ2v) is 8.12. The van der Waals surface area contributed by atoms with E-state index in [1.54, 1.807) is 30.2 Å². The van der Waals surface area contributed by atoms with Crippen molar-refractivity contribution in [3.8, 4) is 17.0 Å². The van der Waals surface area contributed by atoms with E-state index in [0.29, 0.717) is 43.7 Å². The van der Waals surface area contributed by atoms with Gasteiger partial charge >= 0.3 is 0 Å². The Morgan fingerprint density at radius 1 is 1.15 bits per heavy atom. The van der Waals surface area contributed by atoms with E-state index in [9.17, 15) is 9.18 Å². The molecule has 3 aromatic rings. The van der Waals surface area contributed by atoms with Gasteiger partial charge in [0.05, 0.1) is 31.6 Å². The van der Waals surface area contributed by atoms with Crippen LogP contribution in [0.5, 0.6) is 5.75 Å².